The van der Waals surface area contributed by atoms with Gasteiger partial charge in [0.25, 0.3) is 0 Å². The van der Waals surface area contributed by atoms with Crippen molar-refractivity contribution in [3.05, 3.63) is 59.6 Å². The van der Waals surface area contributed by atoms with E-state index in [2.05, 4.69) is 51.4 Å². The van der Waals surface area contributed by atoms with Gasteiger partial charge in [-0.15, -0.1) is 0 Å². The fourth-order valence-electron chi connectivity index (χ4n) is 2.91. The van der Waals surface area contributed by atoms with Crippen molar-refractivity contribution in [2.75, 3.05) is 18.4 Å². The number of aliphatic carboxylic acids is 1. The number of hydrogen-bond acceptors (Lipinski definition) is 5. The number of nitrogens with one attached hydrogen (secondary N) is 1. The number of anilines is 1. The second-order valence-electron chi connectivity index (χ2n) is 6.35. The minimum Gasteiger partial charge on any atom is -0.478 e. The zero-order valence-corrected chi connectivity index (χ0v) is 14.2. The maximum absolute atomic E-state index is 10.5. The molecule has 0 aliphatic carbocycles. The molecule has 1 saturated heterocycles. The van der Waals surface area contributed by atoms with Gasteiger partial charge in [-0.3, -0.25) is 9.88 Å². The number of rotatable bonds is 6. The van der Waals surface area contributed by atoms with Gasteiger partial charge in [0.15, 0.2) is 0 Å². The molecule has 6 heteroatoms. The van der Waals surface area contributed by atoms with Crippen LogP contribution in [0.5, 0.6) is 0 Å². The van der Waals surface area contributed by atoms with Crippen LogP contribution in [0.15, 0.2) is 42.7 Å². The highest BCUT2D eigenvalue weighted by atomic mass is 16.4. The van der Waals surface area contributed by atoms with E-state index in [9.17, 15) is 4.79 Å². The van der Waals surface area contributed by atoms with E-state index in [1.54, 1.807) is 12.4 Å². The highest BCUT2D eigenvalue weighted by Gasteiger charge is 2.22. The summed E-state index contributed by atoms with van der Waals surface area (Å²) in [5.41, 5.74) is 3.14. The molecule has 0 radical (unpaired) electrons. The van der Waals surface area contributed by atoms with Gasteiger partial charge in [0.1, 0.15) is 5.82 Å². The Kier molecular flexibility index (Phi) is 5.40. The minimum atomic E-state index is -0.997. The first-order chi connectivity index (χ1) is 12.1. The summed E-state index contributed by atoms with van der Waals surface area (Å²) in [6.07, 6.45) is 6.76. The number of nitrogens with zero attached hydrogens (tertiary/aromatic N) is 3. The molecular weight excluding hydrogens is 316 g/mol. The average molecular weight is 338 g/mol. The molecule has 6 nitrogen and oxygen atoms in total. The Labute approximate surface area is 147 Å². The lowest BCUT2D eigenvalue weighted by atomic mass is 10.1. The molecule has 0 spiro atoms. The first-order valence-electron chi connectivity index (χ1n) is 8.36. The van der Waals surface area contributed by atoms with Crippen LogP contribution in [0.1, 0.15) is 23.2 Å². The number of aromatic nitrogens is 2. The second-order valence-corrected chi connectivity index (χ2v) is 6.35. The molecule has 130 valence electrons. The molecule has 1 aromatic heterocycles. The van der Waals surface area contributed by atoms with Crippen molar-refractivity contribution in [1.29, 1.82) is 0 Å². The summed E-state index contributed by atoms with van der Waals surface area (Å²) in [6, 6.07) is 9.02. The number of hydrogen-bond donors (Lipinski definition) is 2. The molecule has 1 atom stereocenters. The molecule has 2 N–H and O–H groups in total. The van der Waals surface area contributed by atoms with Crippen molar-refractivity contribution in [2.24, 2.45) is 0 Å². The van der Waals surface area contributed by atoms with Gasteiger partial charge in [-0.05, 0) is 25.0 Å². The van der Waals surface area contributed by atoms with Crippen LogP contribution in [0.4, 0.5) is 5.82 Å². The maximum atomic E-state index is 10.5. The lowest BCUT2D eigenvalue weighted by Crippen LogP contribution is -2.26. The third-order valence-corrected chi connectivity index (χ3v) is 4.22. The first-order valence-corrected chi connectivity index (χ1v) is 8.36. The third-order valence-electron chi connectivity index (χ3n) is 4.22. The van der Waals surface area contributed by atoms with Crippen molar-refractivity contribution in [3.8, 4) is 0 Å². The Morgan fingerprint density at radius 3 is 2.80 bits per heavy atom. The zero-order chi connectivity index (χ0) is 17.6. The van der Waals surface area contributed by atoms with E-state index in [0.717, 1.165) is 37.9 Å². The molecule has 2 heterocycles. The standard InChI is InChI=1S/C19H22N4O2/c1-14-2-4-15(5-3-14)12-23-9-8-17(13-23)22-18-11-20-16(10-21-18)6-7-19(24)25/h2-7,10-11,17H,8-9,12-13H2,1H3,(H,21,22)(H,24,25)/t17-/m1/s1. The number of carboxylic acid groups (broad SMARTS) is 1. The molecule has 0 saturated carbocycles. The van der Waals surface area contributed by atoms with Crippen molar-refractivity contribution in [3.63, 3.8) is 0 Å². The predicted octanol–water partition coefficient (Wildman–Crippen LogP) is 2.57. The number of carboxylic acids is 1. The van der Waals surface area contributed by atoms with Gasteiger partial charge in [-0.2, -0.15) is 0 Å². The van der Waals surface area contributed by atoms with Crippen LogP contribution in [0.25, 0.3) is 6.08 Å². The maximum Gasteiger partial charge on any atom is 0.328 e. The van der Waals surface area contributed by atoms with Gasteiger partial charge in [0, 0.05) is 31.8 Å². The summed E-state index contributed by atoms with van der Waals surface area (Å²) in [4.78, 5) is 21.4. The Balaban J connectivity index is 1.51. The van der Waals surface area contributed by atoms with Crippen molar-refractivity contribution < 1.29 is 9.90 Å². The highest BCUT2D eigenvalue weighted by Crippen LogP contribution is 2.17. The minimum absolute atomic E-state index is 0.347. The van der Waals surface area contributed by atoms with Gasteiger partial charge >= 0.3 is 5.97 Å². The largest absolute Gasteiger partial charge is 0.478 e. The number of benzene rings is 1. The molecule has 1 aliphatic heterocycles. The van der Waals surface area contributed by atoms with Gasteiger partial charge in [-0.25, -0.2) is 9.78 Å². The van der Waals surface area contributed by atoms with Gasteiger partial charge in [0.2, 0.25) is 0 Å². The highest BCUT2D eigenvalue weighted by molar-refractivity contribution is 5.84. The lowest BCUT2D eigenvalue weighted by molar-refractivity contribution is -0.131. The fraction of sp³-hybridized carbons (Fsp3) is 0.316. The topological polar surface area (TPSA) is 78.4 Å². The summed E-state index contributed by atoms with van der Waals surface area (Å²) in [7, 11) is 0. The zero-order valence-electron chi connectivity index (χ0n) is 14.2. The van der Waals surface area contributed by atoms with Crippen LogP contribution in [0.2, 0.25) is 0 Å². The van der Waals surface area contributed by atoms with Crippen LogP contribution in [-0.2, 0) is 11.3 Å². The lowest BCUT2D eigenvalue weighted by Gasteiger charge is -2.17. The van der Waals surface area contributed by atoms with E-state index >= 15 is 0 Å². The van der Waals surface area contributed by atoms with Crippen LogP contribution in [-0.4, -0.2) is 45.1 Å². The average Bonchev–Trinajstić information content (AvgIpc) is 3.03. The summed E-state index contributed by atoms with van der Waals surface area (Å²) >= 11 is 0. The third kappa shape index (κ3) is 5.12. The van der Waals surface area contributed by atoms with Crippen LogP contribution < -0.4 is 5.32 Å². The Bertz CT molecular complexity index is 741. The van der Waals surface area contributed by atoms with Crippen LogP contribution >= 0.6 is 0 Å². The number of aryl methyl sites for hydroxylation is 1. The summed E-state index contributed by atoms with van der Waals surface area (Å²) < 4.78 is 0. The molecule has 1 aliphatic rings. The molecule has 1 aromatic carbocycles. The van der Waals surface area contributed by atoms with Crippen molar-refractivity contribution >= 4 is 17.9 Å². The Morgan fingerprint density at radius 2 is 2.12 bits per heavy atom. The normalized spacial score (nSPS) is 17.9. The van der Waals surface area contributed by atoms with Gasteiger partial charge < -0.3 is 10.4 Å². The van der Waals surface area contributed by atoms with E-state index in [0.29, 0.717) is 11.7 Å². The Hall–Kier alpha value is -2.73. The molecule has 1 fully saturated rings. The molecule has 3 rings (SSSR count). The molecule has 2 aromatic rings. The summed E-state index contributed by atoms with van der Waals surface area (Å²) in [5, 5.41) is 12.0. The van der Waals surface area contributed by atoms with Crippen molar-refractivity contribution in [2.45, 2.75) is 25.9 Å². The van der Waals surface area contributed by atoms with Gasteiger partial charge in [-0.1, -0.05) is 29.8 Å². The predicted molar refractivity (Wildman–Crippen MR) is 97.2 cm³/mol. The Morgan fingerprint density at radius 1 is 1.32 bits per heavy atom. The monoisotopic (exact) mass is 338 g/mol. The molecule has 0 amide bonds. The van der Waals surface area contributed by atoms with E-state index < -0.39 is 5.97 Å². The first kappa shape index (κ1) is 17.1. The molecule has 0 bridgehead atoms. The fourth-order valence-corrected chi connectivity index (χ4v) is 2.91. The second kappa shape index (κ2) is 7.90. The van der Waals surface area contributed by atoms with Crippen LogP contribution in [0, 0.1) is 6.92 Å². The molecular formula is C19H22N4O2. The summed E-state index contributed by atoms with van der Waals surface area (Å²) in [6.45, 7) is 5.08. The quantitative estimate of drug-likeness (QED) is 0.788. The molecule has 0 unspecified atom stereocenters. The summed E-state index contributed by atoms with van der Waals surface area (Å²) in [5.74, 6) is -0.279. The smallest absolute Gasteiger partial charge is 0.328 e. The SMILES string of the molecule is Cc1ccc(CN2CC[C@@H](Nc3cnc(C=CC(=O)O)cn3)C2)cc1. The van der Waals surface area contributed by atoms with Gasteiger partial charge in [0.05, 0.1) is 18.1 Å². The van der Waals surface area contributed by atoms with Crippen LogP contribution in [0.3, 0.4) is 0 Å². The van der Waals surface area contributed by atoms with E-state index in [-0.39, 0.29) is 0 Å². The van der Waals surface area contributed by atoms with Crippen molar-refractivity contribution in [1.82, 2.24) is 14.9 Å². The number of carbonyl (C=O) groups is 1. The number of likely N-dealkylation sites (tertiary alicyclic amines) is 1. The van der Waals surface area contributed by atoms with E-state index in [1.165, 1.54) is 17.2 Å². The molecule has 25 heavy (non-hydrogen) atoms. The van der Waals surface area contributed by atoms with E-state index in [1.807, 2.05) is 0 Å². The van der Waals surface area contributed by atoms with E-state index in [4.69, 9.17) is 5.11 Å².